The predicted molar refractivity (Wildman–Crippen MR) is 64.5 cm³/mol. The van der Waals surface area contributed by atoms with Gasteiger partial charge < -0.3 is 19.6 Å². The minimum atomic E-state index is -0.192. The van der Waals surface area contributed by atoms with Gasteiger partial charge in [0.05, 0.1) is 40.4 Å². The van der Waals surface area contributed by atoms with Gasteiger partial charge in [-0.15, -0.1) is 0 Å². The number of nitrogens with zero attached hydrogens (tertiary/aromatic N) is 3. The lowest BCUT2D eigenvalue weighted by molar-refractivity contribution is -0.870. The number of aromatic amines is 2. The molecule has 2 rings (SSSR count). The largest absolute Gasteiger partial charge is 0.391 e. The average Bonchev–Trinajstić information content (AvgIpc) is 2.66. The summed E-state index contributed by atoms with van der Waals surface area (Å²) in [6.07, 6.45) is 2.76. The number of fused-ring (bicyclic) bond motifs is 1. The van der Waals surface area contributed by atoms with Crippen molar-refractivity contribution in [1.82, 2.24) is 19.9 Å². The van der Waals surface area contributed by atoms with Gasteiger partial charge in [-0.25, -0.2) is 9.97 Å². The van der Waals surface area contributed by atoms with Crippen molar-refractivity contribution in [1.29, 1.82) is 0 Å². The van der Waals surface area contributed by atoms with Gasteiger partial charge in [0.15, 0.2) is 11.2 Å². The zero-order valence-corrected chi connectivity index (χ0v) is 10.3. The lowest BCUT2D eigenvalue weighted by Crippen LogP contribution is -2.36. The number of aliphatic hydroxyl groups excluding tert-OH is 1. The normalized spacial score (nSPS) is 11.1. The van der Waals surface area contributed by atoms with Gasteiger partial charge in [0, 0.05) is 0 Å². The maximum absolute atomic E-state index is 10.9. The second-order valence-corrected chi connectivity index (χ2v) is 4.57. The molecule has 2 heterocycles. The predicted octanol–water partition coefficient (Wildman–Crippen LogP) is -0.669. The molecule has 94 valence electrons. The summed E-state index contributed by atoms with van der Waals surface area (Å²) >= 11 is 0. The number of rotatable bonds is 2. The van der Waals surface area contributed by atoms with E-state index in [0.717, 1.165) is 11.0 Å². The molecule has 0 spiro atoms. The molecule has 0 aromatic carbocycles. The van der Waals surface area contributed by atoms with Crippen LogP contribution in [0.1, 0.15) is 0 Å². The number of aromatic nitrogens is 4. The third-order valence-electron chi connectivity index (χ3n) is 2.00. The maximum Gasteiger partial charge on any atom is 0.276 e. The Kier molecular flexibility index (Phi) is 4.36. The highest BCUT2D eigenvalue weighted by atomic mass is 16.3. The van der Waals surface area contributed by atoms with Gasteiger partial charge >= 0.3 is 0 Å². The zero-order chi connectivity index (χ0) is 12.9. The Balaban J connectivity index is 0.000000185. The quantitative estimate of drug-likeness (QED) is 0.607. The first-order valence-electron chi connectivity index (χ1n) is 5.22. The van der Waals surface area contributed by atoms with E-state index in [-0.39, 0.29) is 12.2 Å². The first kappa shape index (κ1) is 13.3. The SMILES string of the molecule is C[N+](C)(C)CCO.O=c1[nH]cnc2nc[nH]c12. The summed E-state index contributed by atoms with van der Waals surface area (Å²) in [5.41, 5.74) is 0.675. The third-order valence-corrected chi connectivity index (χ3v) is 2.00. The van der Waals surface area contributed by atoms with Crippen LogP contribution in [0.25, 0.3) is 11.2 Å². The Hall–Kier alpha value is -1.73. The molecule has 0 saturated heterocycles. The van der Waals surface area contributed by atoms with Crippen molar-refractivity contribution in [2.24, 2.45) is 0 Å². The van der Waals surface area contributed by atoms with Crippen molar-refractivity contribution >= 4 is 11.2 Å². The molecule has 0 saturated carbocycles. The van der Waals surface area contributed by atoms with Crippen molar-refractivity contribution < 1.29 is 9.59 Å². The van der Waals surface area contributed by atoms with Crippen molar-refractivity contribution in [3.8, 4) is 0 Å². The highest BCUT2D eigenvalue weighted by molar-refractivity contribution is 5.67. The third kappa shape index (κ3) is 4.33. The highest BCUT2D eigenvalue weighted by Crippen LogP contribution is 1.94. The van der Waals surface area contributed by atoms with E-state index in [4.69, 9.17) is 5.11 Å². The van der Waals surface area contributed by atoms with Crippen LogP contribution in [-0.2, 0) is 0 Å². The number of nitrogens with one attached hydrogen (secondary N) is 2. The average molecular weight is 240 g/mol. The Labute approximate surface area is 98.7 Å². The summed E-state index contributed by atoms with van der Waals surface area (Å²) in [4.78, 5) is 23.6. The minimum absolute atomic E-state index is 0.192. The van der Waals surface area contributed by atoms with Gasteiger partial charge in [-0.1, -0.05) is 0 Å². The van der Waals surface area contributed by atoms with Crippen molar-refractivity contribution in [3.05, 3.63) is 23.0 Å². The second-order valence-electron chi connectivity index (χ2n) is 4.57. The highest BCUT2D eigenvalue weighted by Gasteiger charge is 2.02. The topological polar surface area (TPSA) is 94.7 Å². The number of hydrogen-bond donors (Lipinski definition) is 3. The first-order chi connectivity index (χ1) is 7.94. The summed E-state index contributed by atoms with van der Waals surface area (Å²) < 4.78 is 0.844. The molecule has 0 aliphatic heterocycles. The molecule has 0 bridgehead atoms. The molecule has 0 radical (unpaired) electrons. The van der Waals surface area contributed by atoms with Crippen molar-refractivity contribution in [2.75, 3.05) is 34.3 Å². The monoisotopic (exact) mass is 240 g/mol. The molecule has 0 aliphatic carbocycles. The maximum atomic E-state index is 10.9. The van der Waals surface area contributed by atoms with E-state index in [1.54, 1.807) is 0 Å². The van der Waals surface area contributed by atoms with Crippen LogP contribution >= 0.6 is 0 Å². The van der Waals surface area contributed by atoms with Crippen LogP contribution in [0.15, 0.2) is 17.4 Å². The smallest absolute Gasteiger partial charge is 0.276 e. The second kappa shape index (κ2) is 5.55. The number of likely N-dealkylation sites (N-methyl/N-ethyl adjacent to an activating group) is 1. The van der Waals surface area contributed by atoms with E-state index in [0.29, 0.717) is 11.2 Å². The fraction of sp³-hybridized carbons (Fsp3) is 0.500. The number of hydrogen-bond acceptors (Lipinski definition) is 4. The Morgan fingerprint density at radius 1 is 1.24 bits per heavy atom. The standard InChI is InChI=1S/C5H4N4O.C5H14NO/c10-5-3-4(7-1-6-3)8-2-9-5;1-6(2,3)4-5-7/h1-2H,(H2,6,7,8,9,10);7H,4-5H2,1-3H3/q;+1. The lowest BCUT2D eigenvalue weighted by Gasteiger charge is -2.21. The summed E-state index contributed by atoms with van der Waals surface area (Å²) in [6.45, 7) is 1.11. The molecule has 2 aromatic rings. The number of H-pyrrole nitrogens is 2. The molecule has 0 unspecified atom stereocenters. The van der Waals surface area contributed by atoms with Crippen LogP contribution in [0.2, 0.25) is 0 Å². The van der Waals surface area contributed by atoms with E-state index in [1.165, 1.54) is 12.7 Å². The van der Waals surface area contributed by atoms with Crippen LogP contribution in [0.5, 0.6) is 0 Å². The molecular formula is C10H18N5O2+. The number of aliphatic hydroxyl groups is 1. The van der Waals surface area contributed by atoms with Gasteiger partial charge in [-0.05, 0) is 0 Å². The van der Waals surface area contributed by atoms with Crippen molar-refractivity contribution in [3.63, 3.8) is 0 Å². The first-order valence-corrected chi connectivity index (χ1v) is 5.22. The lowest BCUT2D eigenvalue weighted by atomic mass is 10.5. The van der Waals surface area contributed by atoms with Gasteiger partial charge in [-0.3, -0.25) is 4.79 Å². The minimum Gasteiger partial charge on any atom is -0.391 e. The molecule has 3 N–H and O–H groups in total. The number of quaternary nitrogens is 1. The van der Waals surface area contributed by atoms with Gasteiger partial charge in [-0.2, -0.15) is 0 Å². The van der Waals surface area contributed by atoms with E-state index in [1.807, 2.05) is 0 Å². The molecule has 0 atom stereocenters. The zero-order valence-electron chi connectivity index (χ0n) is 10.3. The van der Waals surface area contributed by atoms with Gasteiger partial charge in [0.1, 0.15) is 6.54 Å². The fourth-order valence-corrected chi connectivity index (χ4v) is 1.08. The van der Waals surface area contributed by atoms with Crippen LogP contribution in [0.3, 0.4) is 0 Å². The van der Waals surface area contributed by atoms with Crippen LogP contribution in [0, 0.1) is 0 Å². The Bertz CT molecular complexity index is 511. The molecule has 0 fully saturated rings. The fourth-order valence-electron chi connectivity index (χ4n) is 1.08. The molecule has 7 heteroatoms. The van der Waals surface area contributed by atoms with Gasteiger partial charge in [0.25, 0.3) is 5.56 Å². The molecule has 7 nitrogen and oxygen atoms in total. The molecule has 0 aliphatic rings. The van der Waals surface area contributed by atoms with E-state index in [9.17, 15) is 4.79 Å². The van der Waals surface area contributed by atoms with Crippen LogP contribution < -0.4 is 5.56 Å². The Morgan fingerprint density at radius 2 is 1.82 bits per heavy atom. The Morgan fingerprint density at radius 3 is 2.24 bits per heavy atom. The summed E-state index contributed by atoms with van der Waals surface area (Å²) in [5.74, 6) is 0. The van der Waals surface area contributed by atoms with E-state index < -0.39 is 0 Å². The summed E-state index contributed by atoms with van der Waals surface area (Å²) in [5, 5.41) is 8.39. The summed E-state index contributed by atoms with van der Waals surface area (Å²) in [7, 11) is 6.16. The van der Waals surface area contributed by atoms with E-state index in [2.05, 4.69) is 41.1 Å². The summed E-state index contributed by atoms with van der Waals surface area (Å²) in [6, 6.07) is 0. The van der Waals surface area contributed by atoms with E-state index >= 15 is 0 Å². The molecule has 2 aromatic heterocycles. The van der Waals surface area contributed by atoms with Crippen LogP contribution in [-0.4, -0.2) is 63.8 Å². The number of imidazole rings is 1. The molecule has 17 heavy (non-hydrogen) atoms. The van der Waals surface area contributed by atoms with Crippen LogP contribution in [0.4, 0.5) is 0 Å². The molecular weight excluding hydrogens is 222 g/mol. The molecule has 0 amide bonds. The van der Waals surface area contributed by atoms with Gasteiger partial charge in [0.2, 0.25) is 0 Å². The van der Waals surface area contributed by atoms with Crippen molar-refractivity contribution in [2.45, 2.75) is 0 Å².